The standard InChI is InChI=1S/C12H13N3O4S2.C12H12O5S2/c1-2-6-3-8-9(21(18,19)10(16)5-20-8)4-7(6)11(17)15-12(13)14;1-3-7-4-9-10(5-8(7)12(14)17-2)19(15,16)11(13)6-18-9/h3-4H,2,5H2,1H3,(H4,13,14,15,17);4-5H,3,6H2,1-2H3. The van der Waals surface area contributed by atoms with Gasteiger partial charge in [0.1, 0.15) is 0 Å². The van der Waals surface area contributed by atoms with E-state index in [2.05, 4.69) is 9.73 Å². The summed E-state index contributed by atoms with van der Waals surface area (Å²) in [6.07, 6.45) is 1.08. The van der Waals surface area contributed by atoms with E-state index in [0.29, 0.717) is 33.8 Å². The molecular formula is C24H25N3O9S4. The predicted molar refractivity (Wildman–Crippen MR) is 149 cm³/mol. The van der Waals surface area contributed by atoms with Gasteiger partial charge in [0.05, 0.1) is 34.0 Å². The molecule has 1 amide bonds. The summed E-state index contributed by atoms with van der Waals surface area (Å²) >= 11 is 2.31. The maximum atomic E-state index is 12.0. The van der Waals surface area contributed by atoms with Gasteiger partial charge in [0.15, 0.2) is 5.96 Å². The molecule has 2 aliphatic rings. The van der Waals surface area contributed by atoms with Crippen molar-refractivity contribution in [3.8, 4) is 0 Å². The maximum absolute atomic E-state index is 12.0. The molecule has 0 aliphatic carbocycles. The summed E-state index contributed by atoms with van der Waals surface area (Å²) in [7, 11) is -6.80. The van der Waals surface area contributed by atoms with Gasteiger partial charge in [0, 0.05) is 15.4 Å². The Morgan fingerprint density at radius 3 is 1.65 bits per heavy atom. The van der Waals surface area contributed by atoms with Crippen LogP contribution in [0.2, 0.25) is 0 Å². The molecule has 2 aromatic rings. The molecule has 2 heterocycles. The van der Waals surface area contributed by atoms with Crippen molar-refractivity contribution in [2.24, 2.45) is 16.5 Å². The van der Waals surface area contributed by atoms with E-state index in [1.807, 2.05) is 13.8 Å². The number of sulfone groups is 2. The number of aryl methyl sites for hydroxylation is 2. The van der Waals surface area contributed by atoms with E-state index in [-0.39, 0.29) is 32.4 Å². The van der Waals surface area contributed by atoms with Gasteiger partial charge in [-0.3, -0.25) is 14.4 Å². The Labute approximate surface area is 239 Å². The molecule has 0 radical (unpaired) electrons. The smallest absolute Gasteiger partial charge is 0.338 e. The topological polar surface area (TPSA) is 210 Å². The van der Waals surface area contributed by atoms with Gasteiger partial charge in [0.25, 0.3) is 16.1 Å². The third kappa shape index (κ3) is 6.09. The maximum Gasteiger partial charge on any atom is 0.338 e. The lowest BCUT2D eigenvalue weighted by atomic mass is 10.0. The zero-order valence-electron chi connectivity index (χ0n) is 21.5. The molecule has 214 valence electrons. The lowest BCUT2D eigenvalue weighted by Crippen LogP contribution is -2.25. The lowest BCUT2D eigenvalue weighted by molar-refractivity contribution is -0.110. The van der Waals surface area contributed by atoms with Crippen LogP contribution in [0.3, 0.4) is 0 Å². The first-order valence-electron chi connectivity index (χ1n) is 11.6. The van der Waals surface area contributed by atoms with Gasteiger partial charge in [0.2, 0.25) is 19.7 Å². The van der Waals surface area contributed by atoms with E-state index < -0.39 is 47.7 Å². The van der Waals surface area contributed by atoms with Crippen LogP contribution in [0.15, 0.2) is 48.8 Å². The van der Waals surface area contributed by atoms with Crippen LogP contribution >= 0.6 is 23.5 Å². The molecule has 0 atom stereocenters. The number of hydrogen-bond acceptors (Lipinski definition) is 11. The van der Waals surface area contributed by atoms with Crippen molar-refractivity contribution in [2.75, 3.05) is 18.6 Å². The zero-order valence-corrected chi connectivity index (χ0v) is 24.8. The number of fused-ring (bicyclic) bond motifs is 2. The van der Waals surface area contributed by atoms with Crippen molar-refractivity contribution >= 4 is 71.3 Å². The van der Waals surface area contributed by atoms with Gasteiger partial charge in [-0.2, -0.15) is 4.99 Å². The Morgan fingerprint density at radius 1 is 0.825 bits per heavy atom. The number of benzene rings is 2. The molecule has 40 heavy (non-hydrogen) atoms. The monoisotopic (exact) mass is 627 g/mol. The third-order valence-corrected chi connectivity index (χ3v) is 11.9. The molecule has 2 aliphatic heterocycles. The number of nitrogens with zero attached hydrogens (tertiary/aromatic N) is 1. The number of carbonyl (C=O) groups is 4. The van der Waals surface area contributed by atoms with Crippen LogP contribution in [0, 0.1) is 0 Å². The van der Waals surface area contributed by atoms with Gasteiger partial charge in [-0.1, -0.05) is 13.8 Å². The minimum absolute atomic E-state index is 0.0866. The van der Waals surface area contributed by atoms with Gasteiger partial charge >= 0.3 is 5.97 Å². The summed E-state index contributed by atoms with van der Waals surface area (Å²) in [4.78, 5) is 50.8. The number of amides is 1. The average Bonchev–Trinajstić information content (AvgIpc) is 2.91. The molecule has 4 N–H and O–H groups in total. The number of guanidine groups is 1. The molecule has 0 aromatic heterocycles. The number of esters is 1. The van der Waals surface area contributed by atoms with Crippen LogP contribution in [-0.2, 0) is 46.8 Å². The number of rotatable bonds is 4. The zero-order chi connectivity index (χ0) is 30.0. The van der Waals surface area contributed by atoms with Crippen molar-refractivity contribution in [2.45, 2.75) is 46.3 Å². The first-order valence-corrected chi connectivity index (χ1v) is 16.5. The fraction of sp³-hybridized carbons (Fsp3) is 0.292. The highest BCUT2D eigenvalue weighted by molar-refractivity contribution is 8.12. The van der Waals surface area contributed by atoms with Gasteiger partial charge in [-0.25, -0.2) is 21.6 Å². The Bertz CT molecular complexity index is 1680. The summed E-state index contributed by atoms with van der Waals surface area (Å²) in [6.45, 7) is 3.68. The van der Waals surface area contributed by atoms with E-state index in [1.165, 1.54) is 31.0 Å². The van der Waals surface area contributed by atoms with E-state index >= 15 is 0 Å². The molecule has 4 rings (SSSR count). The van der Waals surface area contributed by atoms with E-state index in [4.69, 9.17) is 11.5 Å². The quantitative estimate of drug-likeness (QED) is 0.280. The number of ether oxygens (including phenoxy) is 1. The number of aliphatic imine (C=N–C) groups is 1. The fourth-order valence-corrected chi connectivity index (χ4v) is 9.48. The van der Waals surface area contributed by atoms with E-state index in [0.717, 1.165) is 11.8 Å². The van der Waals surface area contributed by atoms with Crippen molar-refractivity contribution in [3.05, 3.63) is 46.5 Å². The fourth-order valence-electron chi connectivity index (χ4n) is 3.79. The largest absolute Gasteiger partial charge is 0.465 e. The number of nitrogens with two attached hydrogens (primary N) is 2. The molecule has 0 spiro atoms. The van der Waals surface area contributed by atoms with Crippen molar-refractivity contribution in [1.82, 2.24) is 0 Å². The van der Waals surface area contributed by atoms with Crippen LogP contribution in [0.25, 0.3) is 0 Å². The Kier molecular flexibility index (Phi) is 9.49. The number of methoxy groups -OCH3 is 1. The van der Waals surface area contributed by atoms with Crippen LogP contribution in [0.5, 0.6) is 0 Å². The summed E-state index contributed by atoms with van der Waals surface area (Å²) in [5, 5.41) is -1.70. The highest BCUT2D eigenvalue weighted by atomic mass is 32.2. The SMILES string of the molecule is CCc1cc2c(cc1C(=O)N=C(N)N)S(=O)(=O)C(=O)CS2.CCc1cc2c(cc1C(=O)OC)S(=O)(=O)C(=O)CS2. The summed E-state index contributed by atoms with van der Waals surface area (Å²) < 4.78 is 52.6. The first-order chi connectivity index (χ1) is 18.7. The Morgan fingerprint density at radius 2 is 1.25 bits per heavy atom. The molecule has 0 saturated carbocycles. The predicted octanol–water partition coefficient (Wildman–Crippen LogP) is 1.51. The van der Waals surface area contributed by atoms with Crippen LogP contribution in [0.1, 0.15) is 45.7 Å². The number of thioether (sulfide) groups is 2. The average molecular weight is 628 g/mol. The van der Waals surface area contributed by atoms with E-state index in [1.54, 1.807) is 12.1 Å². The second-order valence-corrected chi connectivity index (χ2v) is 14.1. The third-order valence-electron chi connectivity index (χ3n) is 5.84. The lowest BCUT2D eigenvalue weighted by Gasteiger charge is -2.17. The minimum atomic E-state index is -4.05. The molecule has 16 heteroatoms. The summed E-state index contributed by atoms with van der Waals surface area (Å²) in [5.74, 6) is -1.95. The molecule has 0 fully saturated rings. The normalized spacial score (nSPS) is 16.5. The second kappa shape index (κ2) is 12.1. The van der Waals surface area contributed by atoms with Crippen molar-refractivity contribution < 1.29 is 40.8 Å². The number of carbonyl (C=O) groups excluding carboxylic acids is 4. The Balaban J connectivity index is 0.000000222. The molecule has 0 saturated heterocycles. The van der Waals surface area contributed by atoms with Crippen LogP contribution in [0.4, 0.5) is 0 Å². The van der Waals surface area contributed by atoms with Crippen molar-refractivity contribution in [1.29, 1.82) is 0 Å². The molecule has 0 bridgehead atoms. The van der Waals surface area contributed by atoms with Gasteiger partial charge in [-0.15, -0.1) is 23.5 Å². The van der Waals surface area contributed by atoms with Crippen LogP contribution in [-0.4, -0.2) is 63.5 Å². The highest BCUT2D eigenvalue weighted by Gasteiger charge is 2.35. The molecule has 12 nitrogen and oxygen atoms in total. The summed E-state index contributed by atoms with van der Waals surface area (Å²) in [5.41, 5.74) is 12.0. The van der Waals surface area contributed by atoms with Gasteiger partial charge < -0.3 is 16.2 Å². The van der Waals surface area contributed by atoms with Crippen LogP contribution < -0.4 is 11.5 Å². The van der Waals surface area contributed by atoms with Gasteiger partial charge in [-0.05, 0) is 48.2 Å². The highest BCUT2D eigenvalue weighted by Crippen LogP contribution is 2.37. The van der Waals surface area contributed by atoms with E-state index in [9.17, 15) is 36.0 Å². The minimum Gasteiger partial charge on any atom is -0.465 e. The Hall–Kier alpha value is -3.21. The summed E-state index contributed by atoms with van der Waals surface area (Å²) in [6, 6.07) is 5.68. The molecule has 2 aromatic carbocycles. The molecular weight excluding hydrogens is 603 g/mol. The number of hydrogen-bond donors (Lipinski definition) is 2. The first kappa shape index (κ1) is 31.3. The molecule has 0 unspecified atom stereocenters. The second-order valence-electron chi connectivity index (χ2n) is 8.28. The van der Waals surface area contributed by atoms with Crippen molar-refractivity contribution in [3.63, 3.8) is 0 Å².